The maximum Gasteiger partial charge on any atom is 0.274 e. The van der Waals surface area contributed by atoms with E-state index in [1.165, 1.54) is 17.7 Å². The second-order valence-electron chi connectivity index (χ2n) is 7.14. The van der Waals surface area contributed by atoms with Crippen LogP contribution < -0.4 is 0 Å². The van der Waals surface area contributed by atoms with Gasteiger partial charge in [0.15, 0.2) is 5.69 Å². The predicted octanol–water partition coefficient (Wildman–Crippen LogP) is 2.76. The number of aromatic amines is 1. The Kier molecular flexibility index (Phi) is 5.16. The number of nitrogens with one attached hydrogen (secondary N) is 1. The van der Waals surface area contributed by atoms with Crippen molar-refractivity contribution in [1.29, 1.82) is 0 Å². The summed E-state index contributed by atoms with van der Waals surface area (Å²) in [7, 11) is 0. The number of nitrogens with zero attached hydrogens (tertiary/aromatic N) is 3. The van der Waals surface area contributed by atoms with E-state index < -0.39 is 0 Å². The zero-order valence-corrected chi connectivity index (χ0v) is 15.2. The van der Waals surface area contributed by atoms with Crippen molar-refractivity contribution in [2.45, 2.75) is 25.7 Å². The van der Waals surface area contributed by atoms with Gasteiger partial charge in [0, 0.05) is 44.0 Å². The summed E-state index contributed by atoms with van der Waals surface area (Å²) in [4.78, 5) is 17.2. The highest BCUT2D eigenvalue weighted by molar-refractivity contribution is 5.94. The minimum Gasteiger partial charge on any atom is -0.335 e. The second-order valence-corrected chi connectivity index (χ2v) is 7.14. The van der Waals surface area contributed by atoms with Crippen LogP contribution in [0, 0.1) is 0 Å². The summed E-state index contributed by atoms with van der Waals surface area (Å²) < 4.78 is 0. The Balaban J connectivity index is 1.30. The van der Waals surface area contributed by atoms with Gasteiger partial charge >= 0.3 is 0 Å². The van der Waals surface area contributed by atoms with Gasteiger partial charge in [-0.05, 0) is 31.2 Å². The van der Waals surface area contributed by atoms with Crippen LogP contribution in [-0.2, 0) is 12.8 Å². The molecule has 5 heteroatoms. The third kappa shape index (κ3) is 3.73. The van der Waals surface area contributed by atoms with E-state index >= 15 is 0 Å². The summed E-state index contributed by atoms with van der Waals surface area (Å²) in [6.45, 7) is 4.31. The summed E-state index contributed by atoms with van der Waals surface area (Å²) in [6, 6.07) is 10.4. The molecule has 1 saturated heterocycles. The maximum absolute atomic E-state index is 12.8. The Labute approximate surface area is 154 Å². The van der Waals surface area contributed by atoms with Gasteiger partial charge in [0.25, 0.3) is 5.91 Å². The van der Waals surface area contributed by atoms with E-state index in [1.54, 1.807) is 0 Å². The molecule has 0 bridgehead atoms. The normalized spacial score (nSPS) is 18.2. The maximum atomic E-state index is 12.8. The molecular formula is C21H26N4O. The van der Waals surface area contributed by atoms with Gasteiger partial charge in [-0.3, -0.25) is 14.8 Å². The van der Waals surface area contributed by atoms with Gasteiger partial charge < -0.3 is 4.90 Å². The highest BCUT2D eigenvalue weighted by Gasteiger charge is 2.27. The number of hydrogen-bond acceptors (Lipinski definition) is 3. The van der Waals surface area contributed by atoms with Crippen LogP contribution in [0.5, 0.6) is 0 Å². The van der Waals surface area contributed by atoms with Crippen molar-refractivity contribution in [3.63, 3.8) is 0 Å². The average molecular weight is 350 g/mol. The topological polar surface area (TPSA) is 52.2 Å². The molecule has 0 spiro atoms. The molecule has 0 saturated carbocycles. The minimum absolute atomic E-state index is 0.101. The van der Waals surface area contributed by atoms with Crippen LogP contribution in [0.1, 0.15) is 40.2 Å². The lowest BCUT2D eigenvalue weighted by Gasteiger charge is -2.34. The SMILES string of the molecule is O=C(c1n[nH]c2c1CCCC2)N1CCN(C/C=C/c2ccccc2)CC1. The molecule has 1 aliphatic heterocycles. The summed E-state index contributed by atoms with van der Waals surface area (Å²) in [5, 5.41) is 7.42. The number of rotatable bonds is 4. The molecule has 0 radical (unpaired) electrons. The van der Waals surface area contributed by atoms with Crippen molar-refractivity contribution in [3.8, 4) is 0 Å². The zero-order valence-electron chi connectivity index (χ0n) is 15.2. The lowest BCUT2D eigenvalue weighted by atomic mass is 9.95. The fourth-order valence-electron chi connectivity index (χ4n) is 3.84. The lowest BCUT2D eigenvalue weighted by molar-refractivity contribution is 0.0643. The number of aromatic nitrogens is 2. The summed E-state index contributed by atoms with van der Waals surface area (Å²) >= 11 is 0. The van der Waals surface area contributed by atoms with Crippen molar-refractivity contribution in [1.82, 2.24) is 20.0 Å². The standard InChI is InChI=1S/C21H26N4O/c26-21(20-18-10-4-5-11-19(18)22-23-20)25-15-13-24(14-16-25)12-6-9-17-7-2-1-3-8-17/h1-3,6-9H,4-5,10-16H2,(H,22,23)/b9-6+. The fraction of sp³-hybridized carbons (Fsp3) is 0.429. The van der Waals surface area contributed by atoms with Crippen molar-refractivity contribution < 1.29 is 4.79 Å². The smallest absolute Gasteiger partial charge is 0.274 e. The summed E-state index contributed by atoms with van der Waals surface area (Å²) in [6.07, 6.45) is 8.73. The highest BCUT2D eigenvalue weighted by atomic mass is 16.2. The molecule has 5 nitrogen and oxygen atoms in total. The van der Waals surface area contributed by atoms with Crippen molar-refractivity contribution >= 4 is 12.0 Å². The van der Waals surface area contributed by atoms with E-state index in [0.717, 1.165) is 57.5 Å². The Bertz CT molecular complexity index is 773. The molecule has 2 aromatic rings. The molecule has 1 amide bonds. The Morgan fingerprint density at radius 2 is 1.85 bits per heavy atom. The molecule has 2 aliphatic rings. The largest absolute Gasteiger partial charge is 0.335 e. The molecule has 136 valence electrons. The van der Waals surface area contributed by atoms with Crippen molar-refractivity contribution in [2.24, 2.45) is 0 Å². The number of amides is 1. The molecule has 1 aromatic heterocycles. The highest BCUT2D eigenvalue weighted by Crippen LogP contribution is 2.23. The molecule has 1 fully saturated rings. The first-order valence-electron chi connectivity index (χ1n) is 9.60. The lowest BCUT2D eigenvalue weighted by Crippen LogP contribution is -2.48. The van der Waals surface area contributed by atoms with Gasteiger partial charge in [-0.25, -0.2) is 0 Å². The van der Waals surface area contributed by atoms with Crippen LogP contribution >= 0.6 is 0 Å². The van der Waals surface area contributed by atoms with E-state index in [9.17, 15) is 4.79 Å². The molecule has 0 unspecified atom stereocenters. The third-order valence-corrected chi connectivity index (χ3v) is 5.39. The van der Waals surface area contributed by atoms with Gasteiger partial charge in [0.05, 0.1) is 0 Å². The molecule has 26 heavy (non-hydrogen) atoms. The molecule has 1 aromatic carbocycles. The molecule has 4 rings (SSSR count). The first-order chi connectivity index (χ1) is 12.8. The molecule has 0 atom stereocenters. The number of H-pyrrole nitrogens is 1. The molecular weight excluding hydrogens is 324 g/mol. The second kappa shape index (κ2) is 7.87. The van der Waals surface area contributed by atoms with Gasteiger partial charge in [-0.1, -0.05) is 42.5 Å². The van der Waals surface area contributed by atoms with Crippen LogP contribution in [-0.4, -0.2) is 58.6 Å². The number of fused-ring (bicyclic) bond motifs is 1. The zero-order chi connectivity index (χ0) is 17.8. The van der Waals surface area contributed by atoms with Crippen LogP contribution in [0.4, 0.5) is 0 Å². The van der Waals surface area contributed by atoms with Crippen LogP contribution in [0.3, 0.4) is 0 Å². The van der Waals surface area contributed by atoms with Crippen LogP contribution in [0.15, 0.2) is 36.4 Å². The Morgan fingerprint density at radius 3 is 2.65 bits per heavy atom. The van der Waals surface area contributed by atoms with Gasteiger partial charge in [0.1, 0.15) is 0 Å². The van der Waals surface area contributed by atoms with Crippen molar-refractivity contribution in [3.05, 3.63) is 58.9 Å². The number of hydrogen-bond donors (Lipinski definition) is 1. The van der Waals surface area contributed by atoms with E-state index in [2.05, 4.69) is 51.5 Å². The van der Waals surface area contributed by atoms with E-state index in [0.29, 0.717) is 5.69 Å². The van der Waals surface area contributed by atoms with Gasteiger partial charge in [0.2, 0.25) is 0 Å². The van der Waals surface area contributed by atoms with Crippen molar-refractivity contribution in [2.75, 3.05) is 32.7 Å². The number of aryl methyl sites for hydroxylation is 1. The fourth-order valence-corrected chi connectivity index (χ4v) is 3.84. The molecule has 1 N–H and O–H groups in total. The summed E-state index contributed by atoms with van der Waals surface area (Å²) in [5.74, 6) is 0.101. The van der Waals surface area contributed by atoms with Gasteiger partial charge in [-0.2, -0.15) is 5.10 Å². The number of piperazine rings is 1. The first-order valence-corrected chi connectivity index (χ1v) is 9.60. The Morgan fingerprint density at radius 1 is 1.08 bits per heavy atom. The van der Waals surface area contributed by atoms with Crippen LogP contribution in [0.25, 0.3) is 6.08 Å². The number of benzene rings is 1. The van der Waals surface area contributed by atoms with E-state index in [1.807, 2.05) is 11.0 Å². The van der Waals surface area contributed by atoms with E-state index in [-0.39, 0.29) is 5.91 Å². The Hall–Kier alpha value is -2.40. The number of carbonyl (C=O) groups excluding carboxylic acids is 1. The molecule has 2 heterocycles. The predicted molar refractivity (Wildman–Crippen MR) is 103 cm³/mol. The quantitative estimate of drug-likeness (QED) is 0.922. The van der Waals surface area contributed by atoms with Crippen LogP contribution in [0.2, 0.25) is 0 Å². The van der Waals surface area contributed by atoms with E-state index in [4.69, 9.17) is 0 Å². The first kappa shape index (κ1) is 17.0. The average Bonchev–Trinajstić information content (AvgIpc) is 3.13. The monoisotopic (exact) mass is 350 g/mol. The van der Waals surface area contributed by atoms with Gasteiger partial charge in [-0.15, -0.1) is 0 Å². The number of carbonyl (C=O) groups is 1. The third-order valence-electron chi connectivity index (χ3n) is 5.39. The summed E-state index contributed by atoms with van der Waals surface area (Å²) in [5.41, 5.74) is 4.22. The minimum atomic E-state index is 0.101. The molecule has 1 aliphatic carbocycles.